The fraction of sp³-hybridized carbons (Fsp3) is 0.231. The van der Waals surface area contributed by atoms with Crippen LogP contribution in [0.2, 0.25) is 0 Å². The maximum absolute atomic E-state index is 12.7. The van der Waals surface area contributed by atoms with Gasteiger partial charge in [0.1, 0.15) is 12.6 Å². The Morgan fingerprint density at radius 1 is 0.971 bits per heavy atom. The Bertz CT molecular complexity index is 1150. The van der Waals surface area contributed by atoms with Crippen LogP contribution in [0.5, 0.6) is 0 Å². The average molecular weight is 460 g/mol. The van der Waals surface area contributed by atoms with Gasteiger partial charge in [-0.15, -0.1) is 0 Å². The smallest absolute Gasteiger partial charge is 0.407 e. The van der Waals surface area contributed by atoms with Crippen molar-refractivity contribution in [3.8, 4) is 11.1 Å². The lowest BCUT2D eigenvalue weighted by Crippen LogP contribution is -2.48. The number of nitrogens with zero attached hydrogens (tertiary/aromatic N) is 1. The number of aliphatic carboxylic acids is 1. The van der Waals surface area contributed by atoms with E-state index in [0.717, 1.165) is 27.8 Å². The van der Waals surface area contributed by atoms with Crippen molar-refractivity contribution in [2.24, 2.45) is 0 Å². The molecule has 1 heterocycles. The Morgan fingerprint density at radius 3 is 2.21 bits per heavy atom. The summed E-state index contributed by atoms with van der Waals surface area (Å²) in [5.41, 5.74) is 5.06. The van der Waals surface area contributed by atoms with Gasteiger partial charge < -0.3 is 20.5 Å². The van der Waals surface area contributed by atoms with Crippen LogP contribution in [0.3, 0.4) is 0 Å². The molecule has 2 atom stereocenters. The van der Waals surface area contributed by atoms with Gasteiger partial charge >= 0.3 is 12.1 Å². The SMILES string of the molecule is CC(NC(=O)C(CC(=O)O)NC(=O)OCC1c2ccccc2-c2ccccc21)c1cccnc1. The van der Waals surface area contributed by atoms with E-state index in [2.05, 4.69) is 15.6 Å². The molecule has 0 spiro atoms. The summed E-state index contributed by atoms with van der Waals surface area (Å²) >= 11 is 0. The first kappa shape index (κ1) is 23.0. The van der Waals surface area contributed by atoms with Crippen LogP contribution in [0.15, 0.2) is 73.1 Å². The molecule has 3 aromatic rings. The largest absolute Gasteiger partial charge is 0.481 e. The maximum atomic E-state index is 12.7. The molecule has 3 N–H and O–H groups in total. The standard InChI is InChI=1S/C26H25N3O5/c1-16(17-7-6-12-27-14-17)28-25(32)23(13-24(30)31)29-26(33)34-15-22-20-10-4-2-8-18(20)19-9-3-5-11-21(19)22/h2-12,14,16,22-23H,13,15H2,1H3,(H,28,32)(H,29,33)(H,30,31). The second kappa shape index (κ2) is 10.2. The average Bonchev–Trinajstić information content (AvgIpc) is 3.16. The van der Waals surface area contributed by atoms with Gasteiger partial charge in [-0.3, -0.25) is 14.6 Å². The number of rotatable bonds is 8. The summed E-state index contributed by atoms with van der Waals surface area (Å²) < 4.78 is 5.46. The van der Waals surface area contributed by atoms with Crippen LogP contribution in [0.4, 0.5) is 4.79 Å². The summed E-state index contributed by atoms with van der Waals surface area (Å²) in [7, 11) is 0. The Morgan fingerprint density at radius 2 is 1.62 bits per heavy atom. The van der Waals surface area contributed by atoms with Crippen molar-refractivity contribution in [1.29, 1.82) is 0 Å². The molecule has 0 saturated heterocycles. The number of carbonyl (C=O) groups is 3. The number of benzene rings is 2. The molecular formula is C26H25N3O5. The molecule has 8 nitrogen and oxygen atoms in total. The second-order valence-corrected chi connectivity index (χ2v) is 8.14. The zero-order valence-electron chi connectivity index (χ0n) is 18.6. The molecule has 174 valence electrons. The third kappa shape index (κ3) is 5.06. The number of carboxylic acids is 1. The molecule has 2 aromatic carbocycles. The van der Waals surface area contributed by atoms with Crippen molar-refractivity contribution in [2.75, 3.05) is 6.61 Å². The number of pyridine rings is 1. The van der Waals surface area contributed by atoms with Crippen LogP contribution in [-0.2, 0) is 14.3 Å². The van der Waals surface area contributed by atoms with Crippen molar-refractivity contribution in [1.82, 2.24) is 15.6 Å². The predicted molar refractivity (Wildman–Crippen MR) is 125 cm³/mol. The van der Waals surface area contributed by atoms with E-state index in [1.54, 1.807) is 31.5 Å². The number of hydrogen-bond acceptors (Lipinski definition) is 5. The zero-order valence-corrected chi connectivity index (χ0v) is 18.6. The van der Waals surface area contributed by atoms with Crippen molar-refractivity contribution in [3.63, 3.8) is 0 Å². The van der Waals surface area contributed by atoms with Gasteiger partial charge in [0.15, 0.2) is 0 Å². The molecule has 0 aliphatic heterocycles. The molecule has 1 aliphatic carbocycles. The van der Waals surface area contributed by atoms with Gasteiger partial charge in [0, 0.05) is 18.3 Å². The van der Waals surface area contributed by atoms with Crippen LogP contribution in [0.25, 0.3) is 11.1 Å². The van der Waals surface area contributed by atoms with E-state index in [-0.39, 0.29) is 12.5 Å². The lowest BCUT2D eigenvalue weighted by Gasteiger charge is -2.21. The minimum absolute atomic E-state index is 0.0629. The summed E-state index contributed by atoms with van der Waals surface area (Å²) in [4.78, 5) is 40.6. The first-order valence-corrected chi connectivity index (χ1v) is 11.0. The Hall–Kier alpha value is -4.20. The van der Waals surface area contributed by atoms with Crippen molar-refractivity contribution >= 4 is 18.0 Å². The van der Waals surface area contributed by atoms with Gasteiger partial charge in [-0.1, -0.05) is 54.6 Å². The highest BCUT2D eigenvalue weighted by molar-refractivity contribution is 5.89. The summed E-state index contributed by atoms with van der Waals surface area (Å²) in [5, 5.41) is 14.4. The van der Waals surface area contributed by atoms with E-state index >= 15 is 0 Å². The number of ether oxygens (including phenoxy) is 1. The van der Waals surface area contributed by atoms with E-state index in [4.69, 9.17) is 4.74 Å². The zero-order chi connectivity index (χ0) is 24.1. The number of alkyl carbamates (subject to hydrolysis) is 1. The molecule has 0 radical (unpaired) electrons. The molecule has 34 heavy (non-hydrogen) atoms. The van der Waals surface area contributed by atoms with Gasteiger partial charge in [0.05, 0.1) is 12.5 Å². The number of carbonyl (C=O) groups excluding carboxylic acids is 2. The number of aromatic nitrogens is 1. The van der Waals surface area contributed by atoms with Gasteiger partial charge in [0.2, 0.25) is 5.91 Å². The molecule has 0 saturated carbocycles. The second-order valence-electron chi connectivity index (χ2n) is 8.14. The van der Waals surface area contributed by atoms with Crippen LogP contribution >= 0.6 is 0 Å². The van der Waals surface area contributed by atoms with E-state index < -0.39 is 36.5 Å². The van der Waals surface area contributed by atoms with E-state index in [1.165, 1.54) is 0 Å². The maximum Gasteiger partial charge on any atom is 0.407 e. The van der Waals surface area contributed by atoms with Crippen LogP contribution < -0.4 is 10.6 Å². The Labute approximate surface area is 197 Å². The van der Waals surface area contributed by atoms with Crippen molar-refractivity contribution in [3.05, 3.63) is 89.7 Å². The lowest BCUT2D eigenvalue weighted by molar-refractivity contribution is -0.140. The summed E-state index contributed by atoms with van der Waals surface area (Å²) in [6, 6.07) is 17.7. The molecule has 0 bridgehead atoms. The summed E-state index contributed by atoms with van der Waals surface area (Å²) in [6.07, 6.45) is 1.80. The molecular weight excluding hydrogens is 434 g/mol. The number of amides is 2. The van der Waals surface area contributed by atoms with Crippen LogP contribution in [0.1, 0.15) is 42.0 Å². The fourth-order valence-electron chi connectivity index (χ4n) is 4.20. The molecule has 1 aromatic heterocycles. The summed E-state index contributed by atoms with van der Waals surface area (Å²) in [5.74, 6) is -1.98. The molecule has 4 rings (SSSR count). The predicted octanol–water partition coefficient (Wildman–Crippen LogP) is 3.64. The minimum atomic E-state index is -1.28. The fourth-order valence-corrected chi connectivity index (χ4v) is 4.20. The first-order chi connectivity index (χ1) is 16.4. The number of nitrogens with one attached hydrogen (secondary N) is 2. The first-order valence-electron chi connectivity index (χ1n) is 11.0. The third-order valence-electron chi connectivity index (χ3n) is 5.87. The quantitative estimate of drug-likeness (QED) is 0.473. The monoisotopic (exact) mass is 459 g/mol. The molecule has 0 fully saturated rings. The van der Waals surface area contributed by atoms with Gasteiger partial charge in [0.25, 0.3) is 0 Å². The third-order valence-corrected chi connectivity index (χ3v) is 5.87. The highest BCUT2D eigenvalue weighted by Gasteiger charge is 2.30. The highest BCUT2D eigenvalue weighted by Crippen LogP contribution is 2.44. The van der Waals surface area contributed by atoms with Crippen LogP contribution in [0, 0.1) is 0 Å². The number of carboxylic acid groups (broad SMARTS) is 1. The van der Waals surface area contributed by atoms with E-state index in [1.807, 2.05) is 48.5 Å². The number of fused-ring (bicyclic) bond motifs is 3. The van der Waals surface area contributed by atoms with Gasteiger partial charge in [-0.25, -0.2) is 4.79 Å². The minimum Gasteiger partial charge on any atom is -0.481 e. The normalized spacial score (nSPS) is 13.8. The highest BCUT2D eigenvalue weighted by atomic mass is 16.5. The van der Waals surface area contributed by atoms with Crippen molar-refractivity contribution in [2.45, 2.75) is 31.3 Å². The van der Waals surface area contributed by atoms with Crippen molar-refractivity contribution < 1.29 is 24.2 Å². The molecule has 8 heteroatoms. The topological polar surface area (TPSA) is 118 Å². The van der Waals surface area contributed by atoms with Gasteiger partial charge in [-0.2, -0.15) is 0 Å². The Balaban J connectivity index is 1.41. The molecule has 1 aliphatic rings. The summed E-state index contributed by atoms with van der Waals surface area (Å²) in [6.45, 7) is 1.81. The van der Waals surface area contributed by atoms with Gasteiger partial charge in [-0.05, 0) is 40.8 Å². The van der Waals surface area contributed by atoms with E-state index in [9.17, 15) is 19.5 Å². The lowest BCUT2D eigenvalue weighted by atomic mass is 9.98. The van der Waals surface area contributed by atoms with Crippen LogP contribution in [-0.4, -0.2) is 40.7 Å². The van der Waals surface area contributed by atoms with E-state index in [0.29, 0.717) is 0 Å². The number of hydrogen-bond donors (Lipinski definition) is 3. The molecule has 2 unspecified atom stereocenters. The molecule has 2 amide bonds. The Kier molecular flexibility index (Phi) is 6.87.